The highest BCUT2D eigenvalue weighted by atomic mass is 32.1. The van der Waals surface area contributed by atoms with Crippen LogP contribution in [0, 0.1) is 11.3 Å². The number of carboxylic acid groups (broad SMARTS) is 1. The first-order chi connectivity index (χ1) is 11.2. The molecule has 1 aliphatic heterocycles. The Kier molecular flexibility index (Phi) is 3.66. The Morgan fingerprint density at radius 2 is 2.39 bits per heavy atom. The Labute approximate surface area is 139 Å². The quantitative estimate of drug-likeness (QED) is 0.934. The fraction of sp³-hybridized carbons (Fsp3) is 0.471. The van der Waals surface area contributed by atoms with Gasteiger partial charge in [-0.3, -0.25) is 14.7 Å². The summed E-state index contributed by atoms with van der Waals surface area (Å²) in [5.41, 5.74) is 1.39. The lowest BCUT2D eigenvalue weighted by Gasteiger charge is -2.23. The van der Waals surface area contributed by atoms with E-state index in [1.807, 2.05) is 18.2 Å². The van der Waals surface area contributed by atoms with Crippen molar-refractivity contribution in [1.29, 1.82) is 0 Å². The summed E-state index contributed by atoms with van der Waals surface area (Å²) in [6, 6.07) is 5.82. The molecule has 0 bridgehead atoms. The standard InChI is InChI=1S/C17H19N3O2S/c21-16(22)17-6-3-4-12(17)8-20(11-17)9-13-10-23-15(19-13)14-5-1-2-7-18-14/h1-2,5,7,10,12H,3-4,6,8-9,11H2,(H,21,22)/t12-,17+/m0/s1. The number of aromatic nitrogens is 2. The molecule has 2 atom stereocenters. The second kappa shape index (κ2) is 5.69. The fourth-order valence-corrected chi connectivity index (χ4v) is 4.87. The van der Waals surface area contributed by atoms with E-state index in [-0.39, 0.29) is 0 Å². The van der Waals surface area contributed by atoms with Crippen molar-refractivity contribution in [2.24, 2.45) is 11.3 Å². The molecule has 1 saturated carbocycles. The van der Waals surface area contributed by atoms with Crippen LogP contribution in [0.4, 0.5) is 0 Å². The first kappa shape index (κ1) is 14.8. The summed E-state index contributed by atoms with van der Waals surface area (Å²) in [5, 5.41) is 12.6. The van der Waals surface area contributed by atoms with Gasteiger partial charge in [-0.2, -0.15) is 0 Å². The first-order valence-corrected chi connectivity index (χ1v) is 8.87. The van der Waals surface area contributed by atoms with Gasteiger partial charge < -0.3 is 5.11 Å². The molecule has 0 spiro atoms. The van der Waals surface area contributed by atoms with E-state index in [2.05, 4.69) is 20.2 Å². The zero-order valence-electron chi connectivity index (χ0n) is 12.8. The topological polar surface area (TPSA) is 66.3 Å². The Morgan fingerprint density at radius 1 is 1.48 bits per heavy atom. The molecule has 1 saturated heterocycles. The second-order valence-electron chi connectivity index (χ2n) is 6.58. The van der Waals surface area contributed by atoms with Crippen molar-refractivity contribution in [3.05, 3.63) is 35.5 Å². The lowest BCUT2D eigenvalue weighted by Crippen LogP contribution is -2.35. The smallest absolute Gasteiger partial charge is 0.311 e. The summed E-state index contributed by atoms with van der Waals surface area (Å²) in [6.45, 7) is 2.26. The van der Waals surface area contributed by atoms with E-state index in [0.717, 1.165) is 48.7 Å². The van der Waals surface area contributed by atoms with Crippen molar-refractivity contribution < 1.29 is 9.90 Å². The van der Waals surface area contributed by atoms with Crippen LogP contribution in [0.5, 0.6) is 0 Å². The summed E-state index contributed by atoms with van der Waals surface area (Å²) in [7, 11) is 0. The molecule has 3 heterocycles. The second-order valence-corrected chi connectivity index (χ2v) is 7.44. The molecule has 1 aliphatic carbocycles. The minimum absolute atomic E-state index is 0.300. The number of carbonyl (C=O) groups is 1. The van der Waals surface area contributed by atoms with Gasteiger partial charge in [-0.25, -0.2) is 4.98 Å². The minimum atomic E-state index is -0.616. The van der Waals surface area contributed by atoms with Crippen LogP contribution in [0.2, 0.25) is 0 Å². The number of hydrogen-bond donors (Lipinski definition) is 1. The molecular weight excluding hydrogens is 310 g/mol. The monoisotopic (exact) mass is 329 g/mol. The lowest BCUT2D eigenvalue weighted by atomic mass is 9.81. The van der Waals surface area contributed by atoms with Gasteiger partial charge in [0.2, 0.25) is 0 Å². The van der Waals surface area contributed by atoms with Gasteiger partial charge in [-0.15, -0.1) is 11.3 Å². The van der Waals surface area contributed by atoms with Crippen molar-refractivity contribution in [2.45, 2.75) is 25.8 Å². The predicted molar refractivity (Wildman–Crippen MR) is 88.0 cm³/mol. The van der Waals surface area contributed by atoms with Crippen molar-refractivity contribution in [2.75, 3.05) is 13.1 Å². The molecule has 5 nitrogen and oxygen atoms in total. The molecule has 4 rings (SSSR count). The van der Waals surface area contributed by atoms with E-state index >= 15 is 0 Å². The predicted octanol–water partition coefficient (Wildman–Crippen LogP) is 2.89. The van der Waals surface area contributed by atoms with Crippen LogP contribution in [0.25, 0.3) is 10.7 Å². The highest BCUT2D eigenvalue weighted by Gasteiger charge is 2.54. The zero-order valence-corrected chi connectivity index (χ0v) is 13.6. The van der Waals surface area contributed by atoms with Crippen molar-refractivity contribution in [3.8, 4) is 10.7 Å². The molecule has 23 heavy (non-hydrogen) atoms. The van der Waals surface area contributed by atoms with Gasteiger partial charge in [-0.05, 0) is 30.9 Å². The largest absolute Gasteiger partial charge is 0.481 e. The first-order valence-electron chi connectivity index (χ1n) is 7.99. The van der Waals surface area contributed by atoms with Gasteiger partial charge in [0.05, 0.1) is 16.8 Å². The number of hydrogen-bond acceptors (Lipinski definition) is 5. The fourth-order valence-electron chi connectivity index (χ4n) is 4.08. The van der Waals surface area contributed by atoms with Crippen LogP contribution < -0.4 is 0 Å². The molecule has 0 aromatic carbocycles. The van der Waals surface area contributed by atoms with E-state index in [4.69, 9.17) is 0 Å². The van der Waals surface area contributed by atoms with Crippen LogP contribution in [0.3, 0.4) is 0 Å². The molecule has 0 unspecified atom stereocenters. The van der Waals surface area contributed by atoms with E-state index in [1.54, 1.807) is 17.5 Å². The van der Waals surface area contributed by atoms with Crippen LogP contribution in [-0.2, 0) is 11.3 Å². The van der Waals surface area contributed by atoms with E-state index < -0.39 is 11.4 Å². The van der Waals surface area contributed by atoms with Crippen LogP contribution >= 0.6 is 11.3 Å². The summed E-state index contributed by atoms with van der Waals surface area (Å²) in [4.78, 5) is 23.0. The number of likely N-dealkylation sites (tertiary alicyclic amines) is 1. The molecule has 120 valence electrons. The Hall–Kier alpha value is -1.79. The average molecular weight is 329 g/mol. The third-order valence-electron chi connectivity index (χ3n) is 5.19. The highest BCUT2D eigenvalue weighted by Crippen LogP contribution is 2.49. The van der Waals surface area contributed by atoms with E-state index in [9.17, 15) is 9.90 Å². The van der Waals surface area contributed by atoms with Crippen molar-refractivity contribution >= 4 is 17.3 Å². The minimum Gasteiger partial charge on any atom is -0.481 e. The third kappa shape index (κ3) is 2.56. The zero-order chi connectivity index (χ0) is 15.9. The summed E-state index contributed by atoms with van der Waals surface area (Å²) in [5.74, 6) is -0.316. The van der Waals surface area contributed by atoms with Crippen molar-refractivity contribution in [1.82, 2.24) is 14.9 Å². The van der Waals surface area contributed by atoms with E-state index in [1.165, 1.54) is 0 Å². The maximum atomic E-state index is 11.7. The molecule has 2 aromatic heterocycles. The molecule has 6 heteroatoms. The van der Waals surface area contributed by atoms with Gasteiger partial charge in [0.15, 0.2) is 0 Å². The molecule has 2 aliphatic rings. The molecule has 0 amide bonds. The summed E-state index contributed by atoms with van der Waals surface area (Å²) < 4.78 is 0. The lowest BCUT2D eigenvalue weighted by molar-refractivity contribution is -0.149. The van der Waals surface area contributed by atoms with Gasteiger partial charge >= 0.3 is 5.97 Å². The van der Waals surface area contributed by atoms with Gasteiger partial charge in [-0.1, -0.05) is 12.5 Å². The van der Waals surface area contributed by atoms with Crippen LogP contribution in [-0.4, -0.2) is 39.0 Å². The Morgan fingerprint density at radius 3 is 3.13 bits per heavy atom. The normalized spacial score (nSPS) is 27.2. The molecule has 2 aromatic rings. The third-order valence-corrected chi connectivity index (χ3v) is 6.10. The van der Waals surface area contributed by atoms with Crippen LogP contribution in [0.1, 0.15) is 25.0 Å². The van der Waals surface area contributed by atoms with Gasteiger partial charge in [0.1, 0.15) is 5.01 Å². The average Bonchev–Trinajstić information content (AvgIpc) is 3.22. The van der Waals surface area contributed by atoms with Gasteiger partial charge in [0, 0.05) is 31.2 Å². The number of rotatable bonds is 4. The maximum Gasteiger partial charge on any atom is 0.311 e. The molecule has 1 N–H and O–H groups in total. The molecular formula is C17H19N3O2S. The number of aliphatic carboxylic acids is 1. The summed E-state index contributed by atoms with van der Waals surface area (Å²) in [6.07, 6.45) is 4.68. The maximum absolute atomic E-state index is 11.7. The molecule has 0 radical (unpaired) electrons. The van der Waals surface area contributed by atoms with Crippen molar-refractivity contribution in [3.63, 3.8) is 0 Å². The SMILES string of the molecule is O=C(O)[C@@]12CCC[C@H]1CN(Cc1csc(-c3ccccn3)n1)C2. The summed E-state index contributed by atoms with van der Waals surface area (Å²) >= 11 is 1.60. The number of fused-ring (bicyclic) bond motifs is 1. The molecule has 2 fully saturated rings. The van der Waals surface area contributed by atoms with Gasteiger partial charge in [0.25, 0.3) is 0 Å². The number of nitrogens with zero attached hydrogens (tertiary/aromatic N) is 3. The van der Waals surface area contributed by atoms with Crippen LogP contribution in [0.15, 0.2) is 29.8 Å². The highest BCUT2D eigenvalue weighted by molar-refractivity contribution is 7.13. The van der Waals surface area contributed by atoms with E-state index in [0.29, 0.717) is 12.5 Å². The number of carboxylic acids is 1. The Bertz CT molecular complexity index is 718. The Balaban J connectivity index is 1.48. The number of pyridine rings is 1. The number of thiazole rings is 1.